The lowest BCUT2D eigenvalue weighted by atomic mass is 10.2. The van der Waals surface area contributed by atoms with Gasteiger partial charge < -0.3 is 4.74 Å². The Morgan fingerprint density at radius 2 is 1.71 bits per heavy atom. The average Bonchev–Trinajstić information content (AvgIpc) is 2.34. The van der Waals surface area contributed by atoms with Crippen molar-refractivity contribution in [2.24, 2.45) is 0 Å². The maximum absolute atomic E-state index is 5.42. The van der Waals surface area contributed by atoms with Gasteiger partial charge in [0.2, 0.25) is 0 Å². The Balaban J connectivity index is 2.33. The number of rotatable bonds is 3. The van der Waals surface area contributed by atoms with Crippen LogP contribution in [-0.2, 0) is 0 Å². The zero-order valence-electron chi connectivity index (χ0n) is 10.4. The Kier molecular flexibility index (Phi) is 3.75. The van der Waals surface area contributed by atoms with E-state index in [4.69, 9.17) is 4.74 Å². The highest BCUT2D eigenvalue weighted by Gasteiger charge is 2.06. The third kappa shape index (κ3) is 2.83. The van der Waals surface area contributed by atoms with Crippen LogP contribution in [0.1, 0.15) is 11.1 Å². The first kappa shape index (κ1) is 12.1. The SMILES string of the molecule is COc1cc(C)ccc1Sc1ccccc1C. The second-order valence-corrected chi connectivity index (χ2v) is 5.11. The van der Waals surface area contributed by atoms with Gasteiger partial charge in [0.05, 0.1) is 12.0 Å². The molecule has 0 unspecified atom stereocenters. The van der Waals surface area contributed by atoms with Gasteiger partial charge in [-0.1, -0.05) is 36.0 Å². The van der Waals surface area contributed by atoms with Crippen molar-refractivity contribution >= 4 is 11.8 Å². The van der Waals surface area contributed by atoms with Gasteiger partial charge in [0.25, 0.3) is 0 Å². The average molecular weight is 244 g/mol. The molecular formula is C15H16OS. The molecule has 0 spiro atoms. The molecule has 2 rings (SSSR count). The molecule has 0 radical (unpaired) electrons. The minimum atomic E-state index is 0.943. The molecule has 2 aromatic rings. The monoisotopic (exact) mass is 244 g/mol. The van der Waals surface area contributed by atoms with Gasteiger partial charge in [0, 0.05) is 4.90 Å². The molecule has 0 amide bonds. The minimum absolute atomic E-state index is 0.943. The summed E-state index contributed by atoms with van der Waals surface area (Å²) in [5.74, 6) is 0.943. The third-order valence-corrected chi connectivity index (χ3v) is 3.87. The Morgan fingerprint density at radius 1 is 0.941 bits per heavy atom. The molecule has 1 nitrogen and oxygen atoms in total. The maximum atomic E-state index is 5.42. The molecule has 2 aromatic carbocycles. The lowest BCUT2D eigenvalue weighted by Gasteiger charge is -2.10. The van der Waals surface area contributed by atoms with Crippen molar-refractivity contribution in [3.8, 4) is 5.75 Å². The molecule has 0 atom stereocenters. The molecule has 17 heavy (non-hydrogen) atoms. The zero-order chi connectivity index (χ0) is 12.3. The summed E-state index contributed by atoms with van der Waals surface area (Å²) in [7, 11) is 1.72. The lowest BCUT2D eigenvalue weighted by molar-refractivity contribution is 0.404. The Morgan fingerprint density at radius 3 is 2.41 bits per heavy atom. The van der Waals surface area contributed by atoms with Crippen molar-refractivity contribution in [3.05, 3.63) is 53.6 Å². The van der Waals surface area contributed by atoms with Gasteiger partial charge in [-0.05, 0) is 43.2 Å². The maximum Gasteiger partial charge on any atom is 0.133 e. The van der Waals surface area contributed by atoms with E-state index in [9.17, 15) is 0 Å². The van der Waals surface area contributed by atoms with E-state index in [0.717, 1.165) is 10.6 Å². The van der Waals surface area contributed by atoms with Gasteiger partial charge >= 0.3 is 0 Å². The quantitative estimate of drug-likeness (QED) is 0.788. The highest BCUT2D eigenvalue weighted by Crippen LogP contribution is 2.36. The van der Waals surface area contributed by atoms with Crippen LogP contribution in [0.25, 0.3) is 0 Å². The van der Waals surface area contributed by atoms with E-state index in [1.165, 1.54) is 16.0 Å². The van der Waals surface area contributed by atoms with E-state index < -0.39 is 0 Å². The summed E-state index contributed by atoms with van der Waals surface area (Å²) in [6.45, 7) is 4.20. The molecule has 0 fully saturated rings. The predicted molar refractivity (Wildman–Crippen MR) is 73.0 cm³/mol. The first-order valence-electron chi connectivity index (χ1n) is 5.59. The highest BCUT2D eigenvalue weighted by atomic mass is 32.2. The summed E-state index contributed by atoms with van der Waals surface area (Å²) in [6, 6.07) is 14.7. The van der Waals surface area contributed by atoms with Crippen LogP contribution in [0.2, 0.25) is 0 Å². The predicted octanol–water partition coefficient (Wildman–Crippen LogP) is 4.46. The largest absolute Gasteiger partial charge is 0.496 e. The van der Waals surface area contributed by atoms with E-state index in [2.05, 4.69) is 56.3 Å². The van der Waals surface area contributed by atoms with Crippen molar-refractivity contribution in [1.29, 1.82) is 0 Å². The molecule has 0 aromatic heterocycles. The smallest absolute Gasteiger partial charge is 0.133 e. The normalized spacial score (nSPS) is 10.3. The second-order valence-electron chi connectivity index (χ2n) is 4.02. The van der Waals surface area contributed by atoms with Gasteiger partial charge in [-0.25, -0.2) is 0 Å². The van der Waals surface area contributed by atoms with Crippen LogP contribution in [-0.4, -0.2) is 7.11 Å². The van der Waals surface area contributed by atoms with Crippen LogP contribution in [0.5, 0.6) is 5.75 Å². The van der Waals surface area contributed by atoms with E-state index in [1.807, 2.05) is 0 Å². The van der Waals surface area contributed by atoms with Crippen molar-refractivity contribution in [2.75, 3.05) is 7.11 Å². The summed E-state index contributed by atoms with van der Waals surface area (Å²) >= 11 is 1.75. The van der Waals surface area contributed by atoms with Gasteiger partial charge in [-0.3, -0.25) is 0 Å². The standard InChI is InChI=1S/C15H16OS/c1-11-8-9-15(13(10-11)16-3)17-14-7-5-4-6-12(14)2/h4-10H,1-3H3. The van der Waals surface area contributed by atoms with Crippen LogP contribution in [0.15, 0.2) is 52.3 Å². The van der Waals surface area contributed by atoms with Crippen LogP contribution in [0.3, 0.4) is 0 Å². The number of hydrogen-bond donors (Lipinski definition) is 0. The molecule has 0 saturated heterocycles. The molecule has 0 aliphatic heterocycles. The van der Waals surface area contributed by atoms with E-state index >= 15 is 0 Å². The molecule has 0 aliphatic rings. The van der Waals surface area contributed by atoms with Gasteiger partial charge in [-0.2, -0.15) is 0 Å². The van der Waals surface area contributed by atoms with Crippen LogP contribution in [0, 0.1) is 13.8 Å². The van der Waals surface area contributed by atoms with E-state index in [-0.39, 0.29) is 0 Å². The lowest BCUT2D eigenvalue weighted by Crippen LogP contribution is -1.88. The number of hydrogen-bond acceptors (Lipinski definition) is 2. The fraction of sp³-hybridized carbons (Fsp3) is 0.200. The third-order valence-electron chi connectivity index (χ3n) is 2.63. The molecule has 0 saturated carbocycles. The molecule has 88 valence electrons. The van der Waals surface area contributed by atoms with Gasteiger partial charge in [0.15, 0.2) is 0 Å². The minimum Gasteiger partial charge on any atom is -0.496 e. The number of ether oxygens (including phenoxy) is 1. The summed E-state index contributed by atoms with van der Waals surface area (Å²) in [4.78, 5) is 2.43. The molecular weight excluding hydrogens is 228 g/mol. The van der Waals surface area contributed by atoms with Crippen molar-refractivity contribution in [3.63, 3.8) is 0 Å². The van der Waals surface area contributed by atoms with Crippen molar-refractivity contribution < 1.29 is 4.74 Å². The fourth-order valence-corrected chi connectivity index (χ4v) is 2.64. The number of benzene rings is 2. The van der Waals surface area contributed by atoms with E-state index in [0.29, 0.717) is 0 Å². The van der Waals surface area contributed by atoms with Crippen LogP contribution < -0.4 is 4.74 Å². The van der Waals surface area contributed by atoms with Gasteiger partial charge in [-0.15, -0.1) is 0 Å². The highest BCUT2D eigenvalue weighted by molar-refractivity contribution is 7.99. The van der Waals surface area contributed by atoms with Gasteiger partial charge in [0.1, 0.15) is 5.75 Å². The first-order valence-corrected chi connectivity index (χ1v) is 6.40. The molecule has 0 bridgehead atoms. The summed E-state index contributed by atoms with van der Waals surface area (Å²) in [5.41, 5.74) is 2.51. The van der Waals surface area contributed by atoms with Crippen molar-refractivity contribution in [2.45, 2.75) is 23.6 Å². The van der Waals surface area contributed by atoms with E-state index in [1.54, 1.807) is 18.9 Å². The zero-order valence-corrected chi connectivity index (χ0v) is 11.2. The number of aryl methyl sites for hydroxylation is 2. The second kappa shape index (κ2) is 5.28. The molecule has 0 N–H and O–H groups in total. The molecule has 0 heterocycles. The summed E-state index contributed by atoms with van der Waals surface area (Å²) in [6.07, 6.45) is 0. The Hall–Kier alpha value is -1.41. The van der Waals surface area contributed by atoms with Crippen LogP contribution in [0.4, 0.5) is 0 Å². The summed E-state index contributed by atoms with van der Waals surface area (Å²) in [5, 5.41) is 0. The van der Waals surface area contributed by atoms with Crippen LogP contribution >= 0.6 is 11.8 Å². The Labute approximate surface area is 107 Å². The fourth-order valence-electron chi connectivity index (χ4n) is 1.65. The number of methoxy groups -OCH3 is 1. The summed E-state index contributed by atoms with van der Waals surface area (Å²) < 4.78 is 5.42. The topological polar surface area (TPSA) is 9.23 Å². The molecule has 2 heteroatoms. The Bertz CT molecular complexity index is 520. The van der Waals surface area contributed by atoms with Crippen molar-refractivity contribution in [1.82, 2.24) is 0 Å². The first-order chi connectivity index (χ1) is 8.20. The molecule has 0 aliphatic carbocycles.